The standard InChI is InChI=1S/C21H16P.C16H13.C5H8.Zr/c1-3-11-19(12-4-1)22(20-13-5-2-6-14-20)21-15-17-9-7-8-10-18(17)16-21;1-12-10-14-8-5-9-15(16(14)11-12)13-6-3-2-4-7-13;1-3-5-4-2;/h1-16H;2-11H,1H3;3-5H,1H2,2H3;/q2*-1;;+2. The molecule has 0 N–H and O–H groups in total. The molecule has 7 aromatic rings. The normalized spacial score (nSPS) is 10.5. The van der Waals surface area contributed by atoms with Gasteiger partial charge in [0.25, 0.3) is 0 Å². The molecule has 7 rings (SSSR count). The fraction of sp³-hybridized carbons (Fsp3) is 0.0476. The molecule has 0 radical (unpaired) electrons. The van der Waals surface area contributed by atoms with Crippen LogP contribution in [0.4, 0.5) is 0 Å². The first-order valence-electron chi connectivity index (χ1n) is 14.7. The molecule has 0 fully saturated rings. The summed E-state index contributed by atoms with van der Waals surface area (Å²) in [5.41, 5.74) is 3.95. The number of aryl methyl sites for hydroxylation is 1. The van der Waals surface area contributed by atoms with E-state index in [-0.39, 0.29) is 26.2 Å². The largest absolute Gasteiger partial charge is 2.00 e. The maximum atomic E-state index is 3.46. The van der Waals surface area contributed by atoms with Gasteiger partial charge in [-0.15, -0.1) is 74.9 Å². The Morgan fingerprint density at radius 1 is 0.614 bits per heavy atom. The molecule has 0 heterocycles. The van der Waals surface area contributed by atoms with Crippen LogP contribution in [0, 0.1) is 6.92 Å². The molecule has 2 heteroatoms. The van der Waals surface area contributed by atoms with Crippen molar-refractivity contribution in [3.63, 3.8) is 0 Å². The van der Waals surface area contributed by atoms with Gasteiger partial charge in [-0.05, 0) is 31.0 Å². The van der Waals surface area contributed by atoms with Crippen molar-refractivity contribution >= 4 is 45.4 Å². The smallest absolute Gasteiger partial charge is 0.165 e. The number of fused-ring (bicyclic) bond motifs is 2. The van der Waals surface area contributed by atoms with Crippen LogP contribution in [-0.2, 0) is 26.2 Å². The van der Waals surface area contributed by atoms with E-state index in [0.717, 1.165) is 0 Å². The zero-order chi connectivity index (χ0) is 29.9. The Kier molecular flexibility index (Phi) is 12.6. The summed E-state index contributed by atoms with van der Waals surface area (Å²) in [6.45, 7) is 7.57. The van der Waals surface area contributed by atoms with Crippen LogP contribution >= 0.6 is 7.92 Å². The van der Waals surface area contributed by atoms with Crippen molar-refractivity contribution in [2.24, 2.45) is 0 Å². The van der Waals surface area contributed by atoms with E-state index >= 15 is 0 Å². The van der Waals surface area contributed by atoms with Gasteiger partial charge in [-0.25, -0.2) is 0 Å². The second kappa shape index (κ2) is 16.8. The molecule has 0 aliphatic carbocycles. The molecule has 44 heavy (non-hydrogen) atoms. The first kappa shape index (κ1) is 33.0. The van der Waals surface area contributed by atoms with Crippen molar-refractivity contribution < 1.29 is 26.2 Å². The average Bonchev–Trinajstić information content (AvgIpc) is 3.66. The molecule has 0 nitrogen and oxygen atoms in total. The zero-order valence-electron chi connectivity index (χ0n) is 25.4. The van der Waals surface area contributed by atoms with E-state index in [9.17, 15) is 0 Å². The summed E-state index contributed by atoms with van der Waals surface area (Å²) in [6.07, 6.45) is 5.58. The van der Waals surface area contributed by atoms with Crippen LogP contribution in [0.15, 0.2) is 183 Å². The van der Waals surface area contributed by atoms with Crippen LogP contribution in [0.5, 0.6) is 0 Å². The van der Waals surface area contributed by atoms with Crippen molar-refractivity contribution in [1.29, 1.82) is 0 Å². The Bertz CT molecular complexity index is 1820. The quantitative estimate of drug-likeness (QED) is 0.0977. The van der Waals surface area contributed by atoms with Crippen LogP contribution < -0.4 is 15.9 Å². The van der Waals surface area contributed by atoms with Crippen molar-refractivity contribution in [1.82, 2.24) is 0 Å². The number of hydrogen-bond donors (Lipinski definition) is 0. The molecule has 0 saturated heterocycles. The minimum absolute atomic E-state index is 0. The van der Waals surface area contributed by atoms with Crippen LogP contribution in [0.25, 0.3) is 32.7 Å². The minimum Gasteiger partial charge on any atom is -0.165 e. The minimum atomic E-state index is -0.493. The summed E-state index contributed by atoms with van der Waals surface area (Å²) in [5, 5.41) is 9.57. The average molecular weight is 664 g/mol. The topological polar surface area (TPSA) is 0 Å². The third kappa shape index (κ3) is 8.39. The third-order valence-electron chi connectivity index (χ3n) is 7.20. The Morgan fingerprint density at radius 2 is 1.18 bits per heavy atom. The zero-order valence-corrected chi connectivity index (χ0v) is 28.7. The van der Waals surface area contributed by atoms with Gasteiger partial charge in [-0.3, -0.25) is 0 Å². The molecule has 0 spiro atoms. The van der Waals surface area contributed by atoms with Crippen molar-refractivity contribution in [2.75, 3.05) is 0 Å². The van der Waals surface area contributed by atoms with E-state index in [4.69, 9.17) is 0 Å². The molecule has 0 aliphatic heterocycles. The SMILES string of the molecule is C=CC=CC.Cc1cc2c(-c3ccccc3)cccc2[cH-]1.[Zr+2].c1ccc(P(c2ccccc2)c2cc3ccccc3[cH-]2)cc1. The maximum absolute atomic E-state index is 3.46. The molecule has 7 aromatic carbocycles. The van der Waals surface area contributed by atoms with E-state index in [2.05, 4.69) is 171 Å². The predicted molar refractivity (Wildman–Crippen MR) is 193 cm³/mol. The molecule has 0 unspecified atom stereocenters. The fourth-order valence-corrected chi connectivity index (χ4v) is 7.63. The van der Waals surface area contributed by atoms with E-state index < -0.39 is 7.92 Å². The molecule has 0 saturated carbocycles. The third-order valence-corrected chi connectivity index (χ3v) is 9.60. The van der Waals surface area contributed by atoms with Gasteiger partial charge in [0.2, 0.25) is 0 Å². The monoisotopic (exact) mass is 662 g/mol. The predicted octanol–water partition coefficient (Wildman–Crippen LogP) is 10.6. The summed E-state index contributed by atoms with van der Waals surface area (Å²) in [6, 6.07) is 56.6. The van der Waals surface area contributed by atoms with Crippen molar-refractivity contribution in [2.45, 2.75) is 13.8 Å². The van der Waals surface area contributed by atoms with Crippen LogP contribution in [0.1, 0.15) is 12.5 Å². The molecule has 0 atom stereocenters. The van der Waals surface area contributed by atoms with Gasteiger partial charge in [-0.2, -0.15) is 12.1 Å². The Morgan fingerprint density at radius 3 is 1.75 bits per heavy atom. The van der Waals surface area contributed by atoms with Gasteiger partial charge in [-0.1, -0.05) is 140 Å². The maximum Gasteiger partial charge on any atom is 2.00 e. The van der Waals surface area contributed by atoms with Crippen LogP contribution in [0.2, 0.25) is 0 Å². The van der Waals surface area contributed by atoms with Crippen molar-refractivity contribution in [3.05, 3.63) is 188 Å². The molecule has 0 amide bonds. The summed E-state index contributed by atoms with van der Waals surface area (Å²) in [5.74, 6) is 0. The Balaban J connectivity index is 0.000000177. The van der Waals surface area contributed by atoms with Gasteiger partial charge >= 0.3 is 26.2 Å². The molecule has 0 aromatic heterocycles. The number of rotatable bonds is 5. The molecular formula is C42H37PZr. The summed E-state index contributed by atoms with van der Waals surface area (Å²) in [7, 11) is -0.493. The van der Waals surface area contributed by atoms with E-state index in [0.29, 0.717) is 0 Å². The molecule has 0 bridgehead atoms. The van der Waals surface area contributed by atoms with Gasteiger partial charge < -0.3 is 0 Å². The first-order valence-corrected chi connectivity index (χ1v) is 16.0. The van der Waals surface area contributed by atoms with E-state index in [1.807, 2.05) is 19.1 Å². The van der Waals surface area contributed by atoms with Crippen molar-refractivity contribution in [3.8, 4) is 11.1 Å². The number of allylic oxidation sites excluding steroid dienone is 3. The second-order valence-electron chi connectivity index (χ2n) is 10.3. The second-order valence-corrected chi connectivity index (χ2v) is 12.5. The van der Waals surface area contributed by atoms with Gasteiger partial charge in [0, 0.05) is 0 Å². The van der Waals surface area contributed by atoms with E-state index in [1.165, 1.54) is 54.1 Å². The summed E-state index contributed by atoms with van der Waals surface area (Å²) in [4.78, 5) is 0. The van der Waals surface area contributed by atoms with Gasteiger partial charge in [0.15, 0.2) is 0 Å². The summed E-state index contributed by atoms with van der Waals surface area (Å²) >= 11 is 0. The molecular weight excluding hydrogens is 627 g/mol. The summed E-state index contributed by atoms with van der Waals surface area (Å²) < 4.78 is 0. The Labute approximate surface area is 283 Å². The molecule has 214 valence electrons. The van der Waals surface area contributed by atoms with Gasteiger partial charge in [0.1, 0.15) is 0 Å². The number of hydrogen-bond acceptors (Lipinski definition) is 0. The van der Waals surface area contributed by atoms with Gasteiger partial charge in [0.05, 0.1) is 0 Å². The molecule has 0 aliphatic rings. The first-order chi connectivity index (χ1) is 21.2. The fourth-order valence-electron chi connectivity index (χ4n) is 5.25. The Hall–Kier alpha value is -3.89. The number of benzene rings is 5. The van der Waals surface area contributed by atoms with Crippen LogP contribution in [-0.4, -0.2) is 0 Å². The van der Waals surface area contributed by atoms with E-state index in [1.54, 1.807) is 6.08 Å². The van der Waals surface area contributed by atoms with Crippen LogP contribution in [0.3, 0.4) is 0 Å².